The average molecular weight is 362 g/mol. The van der Waals surface area contributed by atoms with Crippen molar-refractivity contribution >= 4 is 28.9 Å². The van der Waals surface area contributed by atoms with E-state index < -0.39 is 0 Å². The smallest absolute Gasteiger partial charge is 0.225 e. The van der Waals surface area contributed by atoms with Crippen LogP contribution in [0.2, 0.25) is 5.02 Å². The van der Waals surface area contributed by atoms with Crippen LogP contribution >= 0.6 is 11.6 Å². The van der Waals surface area contributed by atoms with E-state index in [9.17, 15) is 9.18 Å². The Balaban J connectivity index is 1.42. The van der Waals surface area contributed by atoms with E-state index in [0.717, 1.165) is 31.9 Å². The highest BCUT2D eigenvalue weighted by atomic mass is 35.5. The molecule has 0 atom stereocenters. The van der Waals surface area contributed by atoms with E-state index in [2.05, 4.69) is 15.1 Å². The highest BCUT2D eigenvalue weighted by Crippen LogP contribution is 2.21. The molecule has 2 aromatic carbocycles. The SMILES string of the molecule is O=C(CCN1CCN(c2ccc(F)cc2)CC1)Nc1ccccc1Cl. The predicted octanol–water partition coefficient (Wildman–Crippen LogP) is 3.63. The second kappa shape index (κ2) is 8.32. The van der Waals surface area contributed by atoms with Crippen LogP contribution in [-0.2, 0) is 4.79 Å². The van der Waals surface area contributed by atoms with Crippen molar-refractivity contribution in [1.29, 1.82) is 0 Å². The Kier molecular flexibility index (Phi) is 5.89. The quantitative estimate of drug-likeness (QED) is 0.883. The lowest BCUT2D eigenvalue weighted by atomic mass is 10.2. The molecule has 0 radical (unpaired) electrons. The summed E-state index contributed by atoms with van der Waals surface area (Å²) in [7, 11) is 0. The van der Waals surface area contributed by atoms with E-state index in [0.29, 0.717) is 23.7 Å². The van der Waals surface area contributed by atoms with Gasteiger partial charge in [-0.3, -0.25) is 9.69 Å². The van der Waals surface area contributed by atoms with Crippen molar-refractivity contribution in [3.8, 4) is 0 Å². The summed E-state index contributed by atoms with van der Waals surface area (Å²) in [6.07, 6.45) is 0.432. The number of nitrogens with zero attached hydrogens (tertiary/aromatic N) is 2. The fraction of sp³-hybridized carbons (Fsp3) is 0.316. The summed E-state index contributed by atoms with van der Waals surface area (Å²) in [6, 6.07) is 13.8. The van der Waals surface area contributed by atoms with Gasteiger partial charge in [-0.05, 0) is 36.4 Å². The number of halogens is 2. The maximum Gasteiger partial charge on any atom is 0.225 e. The third-order valence-corrected chi connectivity index (χ3v) is 4.70. The zero-order chi connectivity index (χ0) is 17.6. The molecule has 0 bridgehead atoms. The summed E-state index contributed by atoms with van der Waals surface area (Å²) in [5, 5.41) is 3.39. The number of anilines is 2. The number of hydrogen-bond acceptors (Lipinski definition) is 3. The number of amides is 1. The predicted molar refractivity (Wildman–Crippen MR) is 99.8 cm³/mol. The number of piperazine rings is 1. The molecule has 0 aliphatic carbocycles. The second-order valence-corrected chi connectivity index (χ2v) is 6.49. The van der Waals surface area contributed by atoms with E-state index in [1.165, 1.54) is 12.1 Å². The number of carbonyl (C=O) groups excluding carboxylic acids is 1. The standard InChI is InChI=1S/C19H21ClFN3O/c20-17-3-1-2-4-18(17)22-19(25)9-10-23-11-13-24(14-12-23)16-7-5-15(21)6-8-16/h1-8H,9-14H2,(H,22,25). The van der Waals surface area contributed by atoms with E-state index in [1.807, 2.05) is 24.3 Å². The zero-order valence-electron chi connectivity index (χ0n) is 13.9. The van der Waals surface area contributed by atoms with Gasteiger partial charge in [-0.2, -0.15) is 0 Å². The van der Waals surface area contributed by atoms with Gasteiger partial charge in [-0.25, -0.2) is 4.39 Å². The number of hydrogen-bond donors (Lipinski definition) is 1. The minimum absolute atomic E-state index is 0.0333. The van der Waals surface area contributed by atoms with Crippen LogP contribution in [0.25, 0.3) is 0 Å². The fourth-order valence-corrected chi connectivity index (χ4v) is 3.10. The molecule has 0 saturated carbocycles. The van der Waals surface area contributed by atoms with Crippen LogP contribution in [0.1, 0.15) is 6.42 Å². The molecule has 1 fully saturated rings. The molecule has 0 spiro atoms. The molecule has 4 nitrogen and oxygen atoms in total. The highest BCUT2D eigenvalue weighted by molar-refractivity contribution is 6.33. The lowest BCUT2D eigenvalue weighted by molar-refractivity contribution is -0.116. The molecule has 1 heterocycles. The number of rotatable bonds is 5. The van der Waals surface area contributed by atoms with Crippen molar-refractivity contribution in [2.75, 3.05) is 42.9 Å². The second-order valence-electron chi connectivity index (χ2n) is 6.08. The summed E-state index contributed by atoms with van der Waals surface area (Å²) in [6.45, 7) is 4.23. The van der Waals surface area contributed by atoms with Gasteiger partial charge >= 0.3 is 0 Å². The van der Waals surface area contributed by atoms with Crippen LogP contribution in [0.15, 0.2) is 48.5 Å². The Hall–Kier alpha value is -2.11. The van der Waals surface area contributed by atoms with Crippen LogP contribution in [0.3, 0.4) is 0 Å². The molecular weight excluding hydrogens is 341 g/mol. The number of benzene rings is 2. The number of carbonyl (C=O) groups is 1. The first kappa shape index (κ1) is 17.7. The zero-order valence-corrected chi connectivity index (χ0v) is 14.7. The van der Waals surface area contributed by atoms with Crippen LogP contribution in [-0.4, -0.2) is 43.5 Å². The van der Waals surface area contributed by atoms with Crippen LogP contribution in [0, 0.1) is 5.82 Å². The molecule has 1 amide bonds. The van der Waals surface area contributed by atoms with Crippen molar-refractivity contribution in [3.63, 3.8) is 0 Å². The van der Waals surface area contributed by atoms with Gasteiger partial charge in [0.05, 0.1) is 10.7 Å². The van der Waals surface area contributed by atoms with Gasteiger partial charge in [-0.1, -0.05) is 23.7 Å². The summed E-state index contributed by atoms with van der Waals surface area (Å²) in [5.41, 5.74) is 1.69. The van der Waals surface area contributed by atoms with Gasteiger partial charge in [0.25, 0.3) is 0 Å². The lowest BCUT2D eigenvalue weighted by Gasteiger charge is -2.36. The molecule has 1 saturated heterocycles. The molecule has 1 aliphatic rings. The monoisotopic (exact) mass is 361 g/mol. The molecule has 6 heteroatoms. The van der Waals surface area contributed by atoms with Gasteiger partial charge in [0, 0.05) is 44.8 Å². The topological polar surface area (TPSA) is 35.6 Å². The van der Waals surface area contributed by atoms with Crippen LogP contribution in [0.5, 0.6) is 0 Å². The van der Waals surface area contributed by atoms with Crippen LogP contribution in [0.4, 0.5) is 15.8 Å². The van der Waals surface area contributed by atoms with Crippen molar-refractivity contribution in [2.45, 2.75) is 6.42 Å². The number of para-hydroxylation sites is 1. The first-order chi connectivity index (χ1) is 12.1. The fourth-order valence-electron chi connectivity index (χ4n) is 2.92. The minimum atomic E-state index is -0.216. The van der Waals surface area contributed by atoms with E-state index in [1.54, 1.807) is 12.1 Å². The number of nitrogens with one attached hydrogen (secondary N) is 1. The van der Waals surface area contributed by atoms with Crippen molar-refractivity contribution < 1.29 is 9.18 Å². The van der Waals surface area contributed by atoms with Gasteiger partial charge in [-0.15, -0.1) is 0 Å². The largest absolute Gasteiger partial charge is 0.369 e. The third kappa shape index (κ3) is 4.94. The van der Waals surface area contributed by atoms with E-state index >= 15 is 0 Å². The van der Waals surface area contributed by atoms with Crippen molar-refractivity contribution in [2.24, 2.45) is 0 Å². The van der Waals surface area contributed by atoms with Gasteiger partial charge < -0.3 is 10.2 Å². The maximum absolute atomic E-state index is 13.0. The summed E-state index contributed by atoms with van der Waals surface area (Å²) >= 11 is 6.05. The first-order valence-corrected chi connectivity index (χ1v) is 8.77. The van der Waals surface area contributed by atoms with E-state index in [-0.39, 0.29) is 11.7 Å². The Morgan fingerprint density at radius 2 is 1.72 bits per heavy atom. The van der Waals surface area contributed by atoms with E-state index in [4.69, 9.17) is 11.6 Å². The Bertz CT molecular complexity index is 715. The van der Waals surface area contributed by atoms with Crippen molar-refractivity contribution in [3.05, 3.63) is 59.4 Å². The average Bonchev–Trinajstić information content (AvgIpc) is 2.63. The van der Waals surface area contributed by atoms with Crippen molar-refractivity contribution in [1.82, 2.24) is 4.90 Å². The lowest BCUT2D eigenvalue weighted by Crippen LogP contribution is -2.47. The maximum atomic E-state index is 13.0. The molecule has 0 aromatic heterocycles. The molecule has 3 rings (SSSR count). The summed E-state index contributed by atoms with van der Waals surface area (Å²) in [4.78, 5) is 16.6. The molecule has 25 heavy (non-hydrogen) atoms. The molecule has 1 aliphatic heterocycles. The molecule has 1 N–H and O–H groups in total. The van der Waals surface area contributed by atoms with Gasteiger partial charge in [0.1, 0.15) is 5.82 Å². The molecule has 0 unspecified atom stereocenters. The summed E-state index contributed by atoms with van der Waals surface area (Å²) in [5.74, 6) is -0.249. The van der Waals surface area contributed by atoms with Gasteiger partial charge in [0.15, 0.2) is 0 Å². The Labute approximate surface area is 152 Å². The normalized spacial score (nSPS) is 15.2. The Morgan fingerprint density at radius 1 is 1.04 bits per heavy atom. The summed E-state index contributed by atoms with van der Waals surface area (Å²) < 4.78 is 13.0. The third-order valence-electron chi connectivity index (χ3n) is 4.37. The van der Waals surface area contributed by atoms with Gasteiger partial charge in [0.2, 0.25) is 5.91 Å². The molecule has 2 aromatic rings. The Morgan fingerprint density at radius 3 is 2.40 bits per heavy atom. The molecule has 132 valence electrons. The van der Waals surface area contributed by atoms with Crippen LogP contribution < -0.4 is 10.2 Å². The minimum Gasteiger partial charge on any atom is -0.369 e. The first-order valence-electron chi connectivity index (χ1n) is 8.39. The molecular formula is C19H21ClFN3O. The highest BCUT2D eigenvalue weighted by Gasteiger charge is 2.18.